The number of hydrogen-bond acceptors (Lipinski definition) is 5. The number of carbonyl (C=O) groups excluding carboxylic acids is 1. The van der Waals surface area contributed by atoms with Crippen LogP contribution in [0.1, 0.15) is 6.42 Å². The Morgan fingerprint density at radius 2 is 2.44 bits per heavy atom. The van der Waals surface area contributed by atoms with Gasteiger partial charge in [-0.05, 0) is 6.08 Å². The van der Waals surface area contributed by atoms with Crippen molar-refractivity contribution < 1.29 is 19.7 Å². The highest BCUT2D eigenvalue weighted by molar-refractivity contribution is 5.95. The van der Waals surface area contributed by atoms with Crippen LogP contribution in [0.4, 0.5) is 0 Å². The maximum Gasteiger partial charge on any atom is 0.234 e. The summed E-state index contributed by atoms with van der Waals surface area (Å²) in [6.45, 7) is -0.224. The van der Waals surface area contributed by atoms with Gasteiger partial charge in [-0.15, -0.1) is 0 Å². The second kappa shape index (κ2) is 6.21. The monoisotopic (exact) mass is 229 g/mol. The first-order valence-corrected chi connectivity index (χ1v) is 4.81. The van der Waals surface area contributed by atoms with Crippen molar-refractivity contribution in [2.45, 2.75) is 24.9 Å². The van der Waals surface area contributed by atoms with Crippen molar-refractivity contribution in [3.05, 3.63) is 12.3 Å². The van der Waals surface area contributed by atoms with Crippen LogP contribution in [0.15, 0.2) is 17.3 Å². The molecule has 0 aliphatic carbocycles. The largest absolute Gasteiger partial charge is 0.394 e. The lowest BCUT2D eigenvalue weighted by atomic mass is 10.2. The highest BCUT2D eigenvalue weighted by Gasteiger charge is 2.32. The highest BCUT2D eigenvalue weighted by atomic mass is 16.5. The molecule has 1 amide bonds. The van der Waals surface area contributed by atoms with Gasteiger partial charge in [0.25, 0.3) is 0 Å². The van der Waals surface area contributed by atoms with Crippen molar-refractivity contribution in [3.8, 4) is 0 Å². The van der Waals surface area contributed by atoms with Gasteiger partial charge in [0.2, 0.25) is 6.41 Å². The van der Waals surface area contributed by atoms with Gasteiger partial charge in [-0.2, -0.15) is 4.99 Å². The van der Waals surface area contributed by atoms with Crippen molar-refractivity contribution in [1.82, 2.24) is 5.32 Å². The fourth-order valence-corrected chi connectivity index (χ4v) is 1.35. The standard InChI is InChI=1S/C9H15N3O4/c10-8(12-5-14)1-2-11-9-3-6(15)7(4-13)16-9/h1-2,5-7,9,11,13,15H,3-4H2,(H2,10,12,14)/b2-1-. The van der Waals surface area contributed by atoms with Gasteiger partial charge >= 0.3 is 0 Å². The van der Waals surface area contributed by atoms with E-state index in [1.807, 2.05) is 0 Å². The quantitative estimate of drug-likeness (QED) is 0.248. The molecule has 1 saturated heterocycles. The third kappa shape index (κ3) is 3.61. The van der Waals surface area contributed by atoms with Crippen LogP contribution in [-0.2, 0) is 9.53 Å². The summed E-state index contributed by atoms with van der Waals surface area (Å²) < 4.78 is 5.25. The van der Waals surface area contributed by atoms with Crippen LogP contribution in [0.25, 0.3) is 0 Å². The van der Waals surface area contributed by atoms with Crippen LogP contribution in [-0.4, -0.2) is 47.5 Å². The Bertz CT molecular complexity index is 292. The number of hydrogen-bond donors (Lipinski definition) is 4. The molecule has 0 saturated carbocycles. The Morgan fingerprint density at radius 3 is 3.00 bits per heavy atom. The smallest absolute Gasteiger partial charge is 0.234 e. The van der Waals surface area contributed by atoms with Gasteiger partial charge in [-0.25, -0.2) is 0 Å². The minimum Gasteiger partial charge on any atom is -0.394 e. The van der Waals surface area contributed by atoms with Crippen LogP contribution >= 0.6 is 0 Å². The molecule has 7 nitrogen and oxygen atoms in total. The number of ether oxygens (including phenoxy) is 1. The van der Waals surface area contributed by atoms with Gasteiger partial charge < -0.3 is 26.0 Å². The summed E-state index contributed by atoms with van der Waals surface area (Å²) >= 11 is 0. The molecule has 7 heteroatoms. The normalized spacial score (nSPS) is 30.9. The molecule has 1 rings (SSSR count). The van der Waals surface area contributed by atoms with Crippen molar-refractivity contribution in [3.63, 3.8) is 0 Å². The first kappa shape index (κ1) is 12.6. The molecule has 90 valence electrons. The fraction of sp³-hybridized carbons (Fsp3) is 0.556. The molecule has 5 N–H and O–H groups in total. The molecule has 0 radical (unpaired) electrons. The summed E-state index contributed by atoms with van der Waals surface area (Å²) in [5, 5.41) is 21.1. The van der Waals surface area contributed by atoms with Crippen molar-refractivity contribution in [1.29, 1.82) is 0 Å². The lowest BCUT2D eigenvalue weighted by Crippen LogP contribution is -2.26. The van der Waals surface area contributed by atoms with Gasteiger partial charge in [0.15, 0.2) is 0 Å². The number of aliphatic hydroxyl groups excluding tert-OH is 2. The Kier molecular flexibility index (Phi) is 4.90. The Balaban J connectivity index is 2.35. The molecular weight excluding hydrogens is 214 g/mol. The molecule has 16 heavy (non-hydrogen) atoms. The summed E-state index contributed by atoms with van der Waals surface area (Å²) in [6, 6.07) is 0. The van der Waals surface area contributed by atoms with Crippen LogP contribution in [0, 0.1) is 0 Å². The number of nitrogens with two attached hydrogens (primary N) is 1. The third-order valence-electron chi connectivity index (χ3n) is 2.14. The molecule has 1 heterocycles. The Labute approximate surface area is 92.6 Å². The van der Waals surface area contributed by atoms with E-state index < -0.39 is 12.2 Å². The summed E-state index contributed by atoms with van der Waals surface area (Å²) in [6.07, 6.45) is 1.96. The van der Waals surface area contributed by atoms with Crippen LogP contribution < -0.4 is 11.1 Å². The molecule has 1 aliphatic heterocycles. The number of rotatable bonds is 5. The number of aliphatic imine (C=N–C) groups is 1. The molecule has 3 unspecified atom stereocenters. The number of aliphatic hydroxyl groups is 2. The number of amides is 1. The minimum absolute atomic E-state index is 0.0692. The molecule has 0 spiro atoms. The van der Waals surface area contributed by atoms with Crippen molar-refractivity contribution >= 4 is 12.2 Å². The molecule has 1 fully saturated rings. The zero-order chi connectivity index (χ0) is 12.0. The van der Waals surface area contributed by atoms with E-state index in [0.717, 1.165) is 0 Å². The second-order valence-corrected chi connectivity index (χ2v) is 3.31. The average Bonchev–Trinajstić information content (AvgIpc) is 2.59. The average molecular weight is 229 g/mol. The summed E-state index contributed by atoms with van der Waals surface area (Å²) in [7, 11) is 0. The van der Waals surface area contributed by atoms with Crippen LogP contribution in [0.3, 0.4) is 0 Å². The van der Waals surface area contributed by atoms with E-state index in [1.54, 1.807) is 0 Å². The SMILES string of the molecule is NC(/C=C\NC1CC(O)C(CO)O1)=NC=O. The Hall–Kier alpha value is -1.44. The van der Waals surface area contributed by atoms with Crippen molar-refractivity contribution in [2.24, 2.45) is 10.7 Å². The van der Waals surface area contributed by atoms with E-state index in [0.29, 0.717) is 12.8 Å². The molecular formula is C9H15N3O4. The Morgan fingerprint density at radius 1 is 1.69 bits per heavy atom. The summed E-state index contributed by atoms with van der Waals surface area (Å²) in [5.74, 6) is 0.0692. The van der Waals surface area contributed by atoms with Gasteiger partial charge in [0, 0.05) is 12.6 Å². The molecule has 0 bridgehead atoms. The maximum atomic E-state index is 9.95. The van der Waals surface area contributed by atoms with Gasteiger partial charge in [0.05, 0.1) is 12.7 Å². The predicted octanol–water partition coefficient (Wildman–Crippen LogP) is -1.93. The first-order chi connectivity index (χ1) is 7.67. The molecule has 0 aromatic rings. The van der Waals surface area contributed by atoms with E-state index >= 15 is 0 Å². The number of nitrogens with zero attached hydrogens (tertiary/aromatic N) is 1. The second-order valence-electron chi connectivity index (χ2n) is 3.31. The topological polar surface area (TPSA) is 117 Å². The first-order valence-electron chi connectivity index (χ1n) is 4.81. The fourth-order valence-electron chi connectivity index (χ4n) is 1.35. The summed E-state index contributed by atoms with van der Waals surface area (Å²) in [4.78, 5) is 13.2. The van der Waals surface area contributed by atoms with Gasteiger partial charge in [-0.3, -0.25) is 4.79 Å². The van der Waals surface area contributed by atoms with E-state index in [9.17, 15) is 9.90 Å². The maximum absolute atomic E-state index is 9.95. The van der Waals surface area contributed by atoms with Gasteiger partial charge in [0.1, 0.15) is 18.2 Å². The zero-order valence-electron chi connectivity index (χ0n) is 8.61. The third-order valence-corrected chi connectivity index (χ3v) is 2.14. The minimum atomic E-state index is -0.683. The van der Waals surface area contributed by atoms with Crippen LogP contribution in [0.5, 0.6) is 0 Å². The number of amidine groups is 1. The van der Waals surface area contributed by atoms with Crippen LogP contribution in [0.2, 0.25) is 0 Å². The predicted molar refractivity (Wildman–Crippen MR) is 56.3 cm³/mol. The highest BCUT2D eigenvalue weighted by Crippen LogP contribution is 2.17. The number of nitrogens with one attached hydrogen (secondary N) is 1. The lowest BCUT2D eigenvalue weighted by Gasteiger charge is -2.11. The number of carbonyl (C=O) groups is 1. The molecule has 3 atom stereocenters. The zero-order valence-corrected chi connectivity index (χ0v) is 8.61. The van der Waals surface area contributed by atoms with E-state index in [4.69, 9.17) is 15.6 Å². The lowest BCUT2D eigenvalue weighted by molar-refractivity contribution is -0.106. The van der Waals surface area contributed by atoms with E-state index in [2.05, 4.69) is 10.3 Å². The van der Waals surface area contributed by atoms with E-state index in [1.165, 1.54) is 12.3 Å². The van der Waals surface area contributed by atoms with Crippen molar-refractivity contribution in [2.75, 3.05) is 6.61 Å². The van der Waals surface area contributed by atoms with E-state index in [-0.39, 0.29) is 18.7 Å². The molecule has 1 aliphatic rings. The molecule has 0 aromatic carbocycles. The van der Waals surface area contributed by atoms with Gasteiger partial charge in [-0.1, -0.05) is 0 Å². The molecule has 0 aromatic heterocycles. The summed E-state index contributed by atoms with van der Waals surface area (Å²) in [5.41, 5.74) is 5.31.